The molecule has 2 rings (SSSR count). The molecule has 0 aliphatic rings. The third kappa shape index (κ3) is 2.31. The predicted molar refractivity (Wildman–Crippen MR) is 54.8 cm³/mol. The van der Waals surface area contributed by atoms with Gasteiger partial charge in [0.15, 0.2) is 5.76 Å². The van der Waals surface area contributed by atoms with Crippen LogP contribution >= 0.6 is 0 Å². The lowest BCUT2D eigenvalue weighted by Gasteiger charge is -2.06. The molecule has 0 saturated carbocycles. The van der Waals surface area contributed by atoms with Gasteiger partial charge in [-0.15, -0.1) is 0 Å². The smallest absolute Gasteiger partial charge is 0.356 e. The van der Waals surface area contributed by atoms with Crippen molar-refractivity contribution in [3.05, 3.63) is 41.6 Å². The van der Waals surface area contributed by atoms with Gasteiger partial charge in [-0.3, -0.25) is 0 Å². The van der Waals surface area contributed by atoms with Crippen molar-refractivity contribution in [2.24, 2.45) is 5.73 Å². The lowest BCUT2D eigenvalue weighted by Crippen LogP contribution is -2.04. The molecule has 1 aromatic carbocycles. The zero-order valence-electron chi connectivity index (χ0n) is 8.66. The number of rotatable bonds is 2. The Hall–Kier alpha value is -1.82. The van der Waals surface area contributed by atoms with Gasteiger partial charge >= 0.3 is 6.18 Å². The van der Waals surface area contributed by atoms with Crippen molar-refractivity contribution in [2.75, 3.05) is 0 Å². The van der Waals surface area contributed by atoms with Crippen LogP contribution in [0.5, 0.6) is 0 Å². The molecule has 2 aromatic rings. The lowest BCUT2D eigenvalue weighted by molar-refractivity contribution is -0.137. The molecular weight excluding hydrogens is 233 g/mol. The highest BCUT2D eigenvalue weighted by molar-refractivity contribution is 5.61. The molecule has 0 bridgehead atoms. The summed E-state index contributed by atoms with van der Waals surface area (Å²) >= 11 is 0. The van der Waals surface area contributed by atoms with Crippen LogP contribution in [0.1, 0.15) is 11.1 Å². The molecule has 0 aliphatic heterocycles. The van der Waals surface area contributed by atoms with E-state index in [-0.39, 0.29) is 6.54 Å². The Kier molecular flexibility index (Phi) is 2.89. The van der Waals surface area contributed by atoms with Crippen molar-refractivity contribution >= 4 is 0 Å². The van der Waals surface area contributed by atoms with E-state index >= 15 is 0 Å². The minimum absolute atomic E-state index is 0.222. The summed E-state index contributed by atoms with van der Waals surface area (Å²) in [5.74, 6) is 0.404. The number of halogens is 3. The molecule has 1 heterocycles. The summed E-state index contributed by atoms with van der Waals surface area (Å²) in [4.78, 5) is 0. The highest BCUT2D eigenvalue weighted by atomic mass is 19.4. The van der Waals surface area contributed by atoms with Crippen molar-refractivity contribution in [3.63, 3.8) is 0 Å². The number of nitrogens with zero attached hydrogens (tertiary/aromatic N) is 1. The van der Waals surface area contributed by atoms with Crippen LogP contribution in [-0.2, 0) is 12.7 Å². The normalized spacial score (nSPS) is 11.8. The highest BCUT2D eigenvalue weighted by Gasteiger charge is 2.30. The van der Waals surface area contributed by atoms with Crippen LogP contribution in [0.15, 0.2) is 35.0 Å². The van der Waals surface area contributed by atoms with Gasteiger partial charge in [-0.2, -0.15) is 13.2 Å². The molecule has 17 heavy (non-hydrogen) atoms. The molecule has 6 heteroatoms. The van der Waals surface area contributed by atoms with Crippen LogP contribution in [0.3, 0.4) is 0 Å². The summed E-state index contributed by atoms with van der Waals surface area (Å²) in [7, 11) is 0. The van der Waals surface area contributed by atoms with Crippen molar-refractivity contribution in [2.45, 2.75) is 12.7 Å². The van der Waals surface area contributed by atoms with Gasteiger partial charge in [0.2, 0.25) is 0 Å². The number of aromatic nitrogens is 1. The van der Waals surface area contributed by atoms with Gasteiger partial charge in [0.1, 0.15) is 0 Å². The molecule has 3 nitrogen and oxygen atoms in total. The summed E-state index contributed by atoms with van der Waals surface area (Å²) in [6.45, 7) is 0.222. The summed E-state index contributed by atoms with van der Waals surface area (Å²) in [5.41, 5.74) is 5.93. The SMILES string of the molecule is NCc1cnoc1-c1ccc(C(F)(F)F)cc1. The molecule has 0 unspecified atom stereocenters. The molecule has 0 atom stereocenters. The first-order valence-corrected chi connectivity index (χ1v) is 4.83. The first-order valence-electron chi connectivity index (χ1n) is 4.83. The number of nitrogens with two attached hydrogens (primary N) is 1. The summed E-state index contributed by atoms with van der Waals surface area (Å²) in [6, 6.07) is 4.67. The van der Waals surface area contributed by atoms with Crippen molar-refractivity contribution in [1.29, 1.82) is 0 Å². The summed E-state index contributed by atoms with van der Waals surface area (Å²) < 4.78 is 42.0. The Morgan fingerprint density at radius 1 is 1.18 bits per heavy atom. The molecule has 2 N–H and O–H groups in total. The third-order valence-electron chi connectivity index (χ3n) is 2.34. The van der Waals surface area contributed by atoms with Gasteiger partial charge in [-0.1, -0.05) is 17.3 Å². The topological polar surface area (TPSA) is 52.0 Å². The van der Waals surface area contributed by atoms with E-state index in [9.17, 15) is 13.2 Å². The van der Waals surface area contributed by atoms with Crippen LogP contribution in [0.4, 0.5) is 13.2 Å². The molecule has 0 saturated heterocycles. The van der Waals surface area contributed by atoms with E-state index < -0.39 is 11.7 Å². The van der Waals surface area contributed by atoms with Gasteiger partial charge in [0, 0.05) is 17.7 Å². The maximum absolute atomic E-state index is 12.4. The van der Waals surface area contributed by atoms with Crippen LogP contribution in [0.25, 0.3) is 11.3 Å². The zero-order valence-corrected chi connectivity index (χ0v) is 8.66. The van der Waals surface area contributed by atoms with Gasteiger partial charge in [-0.05, 0) is 12.1 Å². The number of alkyl halides is 3. The standard InChI is InChI=1S/C11H9F3N2O/c12-11(13,14)9-3-1-7(2-4-9)10-8(5-15)6-16-17-10/h1-4,6H,5,15H2. The van der Waals surface area contributed by atoms with Crippen LogP contribution < -0.4 is 5.73 Å². The second kappa shape index (κ2) is 4.21. The average molecular weight is 242 g/mol. The molecule has 1 aromatic heterocycles. The molecule has 0 amide bonds. The number of hydrogen-bond donors (Lipinski definition) is 1. The highest BCUT2D eigenvalue weighted by Crippen LogP contribution is 2.31. The quantitative estimate of drug-likeness (QED) is 0.880. The first-order chi connectivity index (χ1) is 8.02. The number of benzene rings is 1. The minimum atomic E-state index is -4.34. The minimum Gasteiger partial charge on any atom is -0.356 e. The average Bonchev–Trinajstić information content (AvgIpc) is 2.76. The van der Waals surface area contributed by atoms with E-state index in [0.717, 1.165) is 12.1 Å². The van der Waals surface area contributed by atoms with E-state index in [4.69, 9.17) is 10.3 Å². The van der Waals surface area contributed by atoms with E-state index in [1.807, 2.05) is 0 Å². The van der Waals surface area contributed by atoms with Crippen molar-refractivity contribution in [1.82, 2.24) is 5.16 Å². The van der Waals surface area contributed by atoms with Gasteiger partial charge in [0.05, 0.1) is 11.8 Å². The number of hydrogen-bond acceptors (Lipinski definition) is 3. The van der Waals surface area contributed by atoms with Crippen molar-refractivity contribution < 1.29 is 17.7 Å². The zero-order chi connectivity index (χ0) is 12.5. The van der Waals surface area contributed by atoms with Gasteiger partial charge in [0.25, 0.3) is 0 Å². The van der Waals surface area contributed by atoms with E-state index in [0.29, 0.717) is 16.9 Å². The Morgan fingerprint density at radius 2 is 1.82 bits per heavy atom. The largest absolute Gasteiger partial charge is 0.416 e. The third-order valence-corrected chi connectivity index (χ3v) is 2.34. The Labute approximate surface area is 95.0 Å². The van der Waals surface area contributed by atoms with E-state index in [1.165, 1.54) is 18.3 Å². The Morgan fingerprint density at radius 3 is 2.35 bits per heavy atom. The fourth-order valence-electron chi connectivity index (χ4n) is 1.45. The lowest BCUT2D eigenvalue weighted by atomic mass is 10.1. The maximum Gasteiger partial charge on any atom is 0.416 e. The molecule has 0 spiro atoms. The molecule has 0 radical (unpaired) electrons. The van der Waals surface area contributed by atoms with Crippen molar-refractivity contribution in [3.8, 4) is 11.3 Å². The van der Waals surface area contributed by atoms with Crippen LogP contribution in [-0.4, -0.2) is 5.16 Å². The second-order valence-electron chi connectivity index (χ2n) is 3.46. The molecular formula is C11H9F3N2O. The van der Waals surface area contributed by atoms with Gasteiger partial charge in [-0.25, -0.2) is 0 Å². The van der Waals surface area contributed by atoms with Gasteiger partial charge < -0.3 is 10.3 Å². The Bertz CT molecular complexity index is 502. The fraction of sp³-hybridized carbons (Fsp3) is 0.182. The molecule has 0 fully saturated rings. The summed E-state index contributed by atoms with van der Waals surface area (Å²) in [6.07, 6.45) is -2.89. The first kappa shape index (κ1) is 11.7. The predicted octanol–water partition coefficient (Wildman–Crippen LogP) is 2.82. The monoisotopic (exact) mass is 242 g/mol. The van der Waals surface area contributed by atoms with Crippen LogP contribution in [0.2, 0.25) is 0 Å². The Balaban J connectivity index is 2.36. The van der Waals surface area contributed by atoms with Crippen LogP contribution in [0, 0.1) is 0 Å². The van der Waals surface area contributed by atoms with E-state index in [2.05, 4.69) is 5.16 Å². The second-order valence-corrected chi connectivity index (χ2v) is 3.46. The molecule has 0 aliphatic carbocycles. The summed E-state index contributed by atoms with van der Waals surface area (Å²) in [5, 5.41) is 3.56. The maximum atomic E-state index is 12.4. The fourth-order valence-corrected chi connectivity index (χ4v) is 1.45. The van der Waals surface area contributed by atoms with E-state index in [1.54, 1.807) is 0 Å². The molecule has 90 valence electrons.